The van der Waals surface area contributed by atoms with Crippen molar-refractivity contribution in [1.29, 1.82) is 0 Å². The number of hydrogen-bond donors (Lipinski definition) is 0. The molecule has 0 saturated carbocycles. The molecular weight excluding hydrogens is 440 g/mol. The van der Waals surface area contributed by atoms with Crippen molar-refractivity contribution in [3.8, 4) is 23.5 Å². The molecule has 3 aromatic heterocycles. The van der Waals surface area contributed by atoms with E-state index in [4.69, 9.17) is 9.47 Å². The summed E-state index contributed by atoms with van der Waals surface area (Å²) in [5.74, 6) is 7.88. The standard InChI is InChI=1S/C27H28N6O2/c1-32-16-13-22(31-32)9-12-25-27(30-24-6-3-14-28-26(24)29-25)35-19-21-5-4-15-33(18-21)17-20-7-10-23(34-2)11-8-20/h3,6-8,10-11,13-14,16,21H,4-5,15,17-19H2,1-2H3. The number of hydrogen-bond acceptors (Lipinski definition) is 7. The van der Waals surface area contributed by atoms with Crippen LogP contribution in [0.3, 0.4) is 0 Å². The minimum absolute atomic E-state index is 0.407. The first-order chi connectivity index (χ1) is 17.2. The Hall–Kier alpha value is -3.96. The molecule has 8 heteroatoms. The SMILES string of the molecule is COc1ccc(CN2CCCC(COc3nc4cccnc4nc3C#Cc3ccn(C)n3)C2)cc1. The Bertz CT molecular complexity index is 1360. The van der Waals surface area contributed by atoms with Crippen molar-refractivity contribution in [2.24, 2.45) is 13.0 Å². The second-order valence-electron chi connectivity index (χ2n) is 8.75. The van der Waals surface area contributed by atoms with Gasteiger partial charge in [-0.05, 0) is 67.1 Å². The molecule has 1 fully saturated rings. The highest BCUT2D eigenvalue weighted by Crippen LogP contribution is 2.23. The smallest absolute Gasteiger partial charge is 0.249 e. The highest BCUT2D eigenvalue weighted by atomic mass is 16.5. The van der Waals surface area contributed by atoms with Crippen LogP contribution in [0.15, 0.2) is 54.9 Å². The Morgan fingerprint density at radius 2 is 1.97 bits per heavy atom. The van der Waals surface area contributed by atoms with E-state index in [9.17, 15) is 0 Å². The maximum Gasteiger partial charge on any atom is 0.249 e. The van der Waals surface area contributed by atoms with E-state index in [2.05, 4.69) is 48.9 Å². The van der Waals surface area contributed by atoms with Crippen molar-refractivity contribution in [2.75, 3.05) is 26.8 Å². The van der Waals surface area contributed by atoms with Gasteiger partial charge >= 0.3 is 0 Å². The first-order valence-corrected chi connectivity index (χ1v) is 11.8. The number of aromatic nitrogens is 5. The lowest BCUT2D eigenvalue weighted by Gasteiger charge is -2.32. The van der Waals surface area contributed by atoms with Gasteiger partial charge in [0, 0.05) is 38.4 Å². The third-order valence-corrected chi connectivity index (χ3v) is 6.06. The summed E-state index contributed by atoms with van der Waals surface area (Å²) in [4.78, 5) is 16.1. The first kappa shape index (κ1) is 22.8. The average molecular weight is 469 g/mol. The number of ether oxygens (including phenoxy) is 2. The number of fused-ring (bicyclic) bond motifs is 1. The Balaban J connectivity index is 1.29. The van der Waals surface area contributed by atoms with Crippen LogP contribution < -0.4 is 9.47 Å². The maximum atomic E-state index is 6.23. The van der Waals surface area contributed by atoms with Crippen LogP contribution in [0.25, 0.3) is 11.2 Å². The van der Waals surface area contributed by atoms with Crippen LogP contribution >= 0.6 is 0 Å². The van der Waals surface area contributed by atoms with E-state index in [1.807, 2.05) is 43.6 Å². The quantitative estimate of drug-likeness (QED) is 0.401. The Morgan fingerprint density at radius 3 is 2.77 bits per heavy atom. The molecule has 5 rings (SSSR count). The molecule has 4 aromatic rings. The fraction of sp³-hybridized carbons (Fsp3) is 0.333. The van der Waals surface area contributed by atoms with Crippen LogP contribution in [0.1, 0.15) is 29.8 Å². The van der Waals surface area contributed by atoms with Crippen LogP contribution in [0.2, 0.25) is 0 Å². The van der Waals surface area contributed by atoms with Gasteiger partial charge in [0.05, 0.1) is 13.7 Å². The van der Waals surface area contributed by atoms with Gasteiger partial charge in [-0.25, -0.2) is 15.0 Å². The van der Waals surface area contributed by atoms with E-state index < -0.39 is 0 Å². The molecule has 0 N–H and O–H groups in total. The van der Waals surface area contributed by atoms with Gasteiger partial charge in [-0.3, -0.25) is 9.58 Å². The van der Waals surface area contributed by atoms with Crippen molar-refractivity contribution in [1.82, 2.24) is 29.6 Å². The zero-order chi connectivity index (χ0) is 24.0. The molecular formula is C27H28N6O2. The van der Waals surface area contributed by atoms with Crippen molar-refractivity contribution >= 4 is 11.2 Å². The molecule has 1 unspecified atom stereocenters. The van der Waals surface area contributed by atoms with E-state index in [1.165, 1.54) is 5.56 Å². The fourth-order valence-electron chi connectivity index (χ4n) is 4.28. The molecule has 35 heavy (non-hydrogen) atoms. The Morgan fingerprint density at radius 1 is 1.09 bits per heavy atom. The van der Waals surface area contributed by atoms with Gasteiger partial charge in [0.15, 0.2) is 11.3 Å². The van der Waals surface area contributed by atoms with Crippen LogP contribution in [0.5, 0.6) is 11.6 Å². The van der Waals surface area contributed by atoms with E-state index in [1.54, 1.807) is 18.0 Å². The summed E-state index contributed by atoms with van der Waals surface area (Å²) in [5.41, 5.74) is 3.67. The second kappa shape index (κ2) is 10.5. The highest BCUT2D eigenvalue weighted by Gasteiger charge is 2.21. The molecule has 1 saturated heterocycles. The normalized spacial score (nSPS) is 16.0. The highest BCUT2D eigenvalue weighted by molar-refractivity contribution is 5.71. The van der Waals surface area contributed by atoms with Crippen LogP contribution in [-0.4, -0.2) is 56.4 Å². The number of piperidine rings is 1. The van der Waals surface area contributed by atoms with Crippen molar-refractivity contribution in [3.63, 3.8) is 0 Å². The number of rotatable bonds is 6. The van der Waals surface area contributed by atoms with E-state index in [0.29, 0.717) is 41.0 Å². The molecule has 8 nitrogen and oxygen atoms in total. The average Bonchev–Trinajstić information content (AvgIpc) is 3.31. The van der Waals surface area contributed by atoms with Gasteiger partial charge in [-0.15, -0.1) is 0 Å². The predicted octanol–water partition coefficient (Wildman–Crippen LogP) is 3.46. The second-order valence-corrected chi connectivity index (χ2v) is 8.75. The number of aryl methyl sites for hydroxylation is 1. The van der Waals surface area contributed by atoms with Gasteiger partial charge in [-0.2, -0.15) is 5.10 Å². The molecule has 0 spiro atoms. The van der Waals surface area contributed by atoms with E-state index >= 15 is 0 Å². The summed E-state index contributed by atoms with van der Waals surface area (Å²) < 4.78 is 13.2. The minimum atomic E-state index is 0.407. The number of likely N-dealkylation sites (tertiary alicyclic amines) is 1. The lowest BCUT2D eigenvalue weighted by atomic mass is 9.98. The molecule has 1 aliphatic heterocycles. The number of methoxy groups -OCH3 is 1. The summed E-state index contributed by atoms with van der Waals surface area (Å²) >= 11 is 0. The van der Waals surface area contributed by atoms with Gasteiger partial charge in [-0.1, -0.05) is 12.1 Å². The molecule has 0 radical (unpaired) electrons. The fourth-order valence-corrected chi connectivity index (χ4v) is 4.28. The minimum Gasteiger partial charge on any atom is -0.497 e. The number of nitrogens with zero attached hydrogens (tertiary/aromatic N) is 6. The largest absolute Gasteiger partial charge is 0.497 e. The van der Waals surface area contributed by atoms with Gasteiger partial charge < -0.3 is 9.47 Å². The van der Waals surface area contributed by atoms with Gasteiger partial charge in [0.1, 0.15) is 17.0 Å². The molecule has 4 heterocycles. The Labute approximate surface area is 204 Å². The Kier molecular flexibility index (Phi) is 6.87. The summed E-state index contributed by atoms with van der Waals surface area (Å²) in [6, 6.07) is 13.9. The number of pyridine rings is 1. The summed E-state index contributed by atoms with van der Waals surface area (Å²) in [5, 5.41) is 4.32. The van der Waals surface area contributed by atoms with E-state index in [-0.39, 0.29) is 0 Å². The third kappa shape index (κ3) is 5.76. The van der Waals surface area contributed by atoms with Crippen LogP contribution in [0.4, 0.5) is 0 Å². The molecule has 178 valence electrons. The molecule has 0 amide bonds. The van der Waals surface area contributed by atoms with Gasteiger partial charge in [0.2, 0.25) is 5.88 Å². The predicted molar refractivity (Wildman–Crippen MR) is 133 cm³/mol. The molecule has 0 aliphatic carbocycles. The van der Waals surface area contributed by atoms with Crippen LogP contribution in [0, 0.1) is 17.8 Å². The zero-order valence-electron chi connectivity index (χ0n) is 20.0. The van der Waals surface area contributed by atoms with Crippen molar-refractivity contribution < 1.29 is 9.47 Å². The monoisotopic (exact) mass is 468 g/mol. The summed E-state index contributed by atoms with van der Waals surface area (Å²) in [6.07, 6.45) is 5.82. The summed E-state index contributed by atoms with van der Waals surface area (Å²) in [6.45, 7) is 3.55. The van der Waals surface area contributed by atoms with Crippen molar-refractivity contribution in [2.45, 2.75) is 19.4 Å². The van der Waals surface area contributed by atoms with Gasteiger partial charge in [0.25, 0.3) is 0 Å². The lowest BCUT2D eigenvalue weighted by molar-refractivity contribution is 0.123. The molecule has 1 atom stereocenters. The number of benzene rings is 1. The summed E-state index contributed by atoms with van der Waals surface area (Å²) in [7, 11) is 3.55. The van der Waals surface area contributed by atoms with Crippen LogP contribution in [-0.2, 0) is 13.6 Å². The first-order valence-electron chi connectivity index (χ1n) is 11.8. The lowest BCUT2D eigenvalue weighted by Crippen LogP contribution is -2.37. The topological polar surface area (TPSA) is 78.2 Å². The van der Waals surface area contributed by atoms with Crippen molar-refractivity contribution in [3.05, 3.63) is 71.8 Å². The molecule has 0 bridgehead atoms. The molecule has 1 aromatic carbocycles. The third-order valence-electron chi connectivity index (χ3n) is 6.06. The maximum absolute atomic E-state index is 6.23. The zero-order valence-corrected chi connectivity index (χ0v) is 20.0. The molecule has 1 aliphatic rings. The van der Waals surface area contributed by atoms with E-state index in [0.717, 1.165) is 38.2 Å².